The van der Waals surface area contributed by atoms with E-state index in [2.05, 4.69) is 4.74 Å². The number of nitrogens with two attached hydrogens (primary N) is 2. The van der Waals surface area contributed by atoms with Gasteiger partial charge in [-0.2, -0.15) is 0 Å². The third-order valence-corrected chi connectivity index (χ3v) is 2.29. The van der Waals surface area contributed by atoms with E-state index in [1.165, 1.54) is 0 Å². The lowest BCUT2D eigenvalue weighted by atomic mass is 10.1. The Morgan fingerprint density at radius 3 is 2.33 bits per heavy atom. The fourth-order valence-corrected chi connectivity index (χ4v) is 1.49. The maximum atomic E-state index is 10.7. The van der Waals surface area contributed by atoms with E-state index in [0.717, 1.165) is 5.56 Å². The minimum atomic E-state index is -0.909. The maximum absolute atomic E-state index is 10.7. The van der Waals surface area contributed by atoms with Crippen LogP contribution in [0.15, 0.2) is 30.3 Å². The number of amides is 2. The number of hydrogen-bond acceptors (Lipinski definition) is 4. The summed E-state index contributed by atoms with van der Waals surface area (Å²) in [5.41, 5.74) is 10.9. The first kappa shape index (κ1) is 13.8. The molecule has 4 N–H and O–H groups in total. The molecule has 0 saturated heterocycles. The van der Waals surface area contributed by atoms with Crippen molar-refractivity contribution in [2.45, 2.75) is 18.9 Å². The molecule has 0 aliphatic heterocycles. The molecule has 0 fully saturated rings. The zero-order valence-corrected chi connectivity index (χ0v) is 9.87. The Kier molecular flexibility index (Phi) is 5.50. The van der Waals surface area contributed by atoms with Crippen LogP contribution in [0, 0.1) is 0 Å². The highest BCUT2D eigenvalue weighted by atomic mass is 16.6. The highest BCUT2D eigenvalue weighted by Gasteiger charge is 2.14. The van der Waals surface area contributed by atoms with Crippen molar-refractivity contribution in [1.82, 2.24) is 0 Å². The molecule has 18 heavy (non-hydrogen) atoms. The lowest BCUT2D eigenvalue weighted by molar-refractivity contribution is 0.0476. The van der Waals surface area contributed by atoms with Crippen LogP contribution in [0.5, 0.6) is 0 Å². The zero-order chi connectivity index (χ0) is 13.4. The van der Waals surface area contributed by atoms with Crippen molar-refractivity contribution in [3.8, 4) is 0 Å². The van der Waals surface area contributed by atoms with Crippen molar-refractivity contribution in [1.29, 1.82) is 0 Å². The number of benzene rings is 1. The van der Waals surface area contributed by atoms with Crippen LogP contribution in [0.25, 0.3) is 0 Å². The first-order valence-electron chi connectivity index (χ1n) is 5.50. The van der Waals surface area contributed by atoms with Gasteiger partial charge in [-0.25, -0.2) is 9.59 Å². The number of ether oxygens (including phenoxy) is 2. The molecule has 0 spiro atoms. The lowest BCUT2D eigenvalue weighted by Crippen LogP contribution is -2.29. The first-order valence-corrected chi connectivity index (χ1v) is 5.50. The summed E-state index contributed by atoms with van der Waals surface area (Å²) in [7, 11) is 0. The van der Waals surface area contributed by atoms with Gasteiger partial charge in [0.1, 0.15) is 12.7 Å². The van der Waals surface area contributed by atoms with Crippen molar-refractivity contribution < 1.29 is 19.1 Å². The third-order valence-electron chi connectivity index (χ3n) is 2.29. The quantitative estimate of drug-likeness (QED) is 0.792. The third kappa shape index (κ3) is 5.74. The fraction of sp³-hybridized carbons (Fsp3) is 0.333. The van der Waals surface area contributed by atoms with E-state index in [-0.39, 0.29) is 6.61 Å². The molecule has 1 aromatic rings. The number of carbonyl (C=O) groups excluding carboxylic acids is 2. The van der Waals surface area contributed by atoms with Crippen molar-refractivity contribution in [2.24, 2.45) is 11.5 Å². The van der Waals surface area contributed by atoms with Crippen molar-refractivity contribution in [3.63, 3.8) is 0 Å². The molecule has 0 radical (unpaired) electrons. The SMILES string of the molecule is NC(=O)OCC(CCc1ccccc1)OC(N)=O. The second-order valence-corrected chi connectivity index (χ2v) is 3.71. The summed E-state index contributed by atoms with van der Waals surface area (Å²) in [5, 5.41) is 0. The van der Waals surface area contributed by atoms with E-state index in [1.54, 1.807) is 0 Å². The van der Waals surface area contributed by atoms with Crippen LogP contribution >= 0.6 is 0 Å². The molecule has 1 rings (SSSR count). The Morgan fingerprint density at radius 2 is 1.78 bits per heavy atom. The average Bonchev–Trinajstić information content (AvgIpc) is 2.33. The van der Waals surface area contributed by atoms with Gasteiger partial charge in [0.2, 0.25) is 0 Å². The standard InChI is InChI=1S/C12H16N2O4/c13-11(15)17-8-10(18-12(14)16)7-6-9-4-2-1-3-5-9/h1-5,10H,6-8H2,(H2,13,15)(H2,14,16). The molecule has 1 unspecified atom stereocenters. The second-order valence-electron chi connectivity index (χ2n) is 3.71. The van der Waals surface area contributed by atoms with Crippen LogP contribution < -0.4 is 11.5 Å². The Hall–Kier alpha value is -2.24. The van der Waals surface area contributed by atoms with Gasteiger partial charge in [-0.05, 0) is 18.4 Å². The molecule has 0 bridgehead atoms. The van der Waals surface area contributed by atoms with Crippen LogP contribution in [0.1, 0.15) is 12.0 Å². The number of rotatable bonds is 6. The second kappa shape index (κ2) is 7.16. The highest BCUT2D eigenvalue weighted by molar-refractivity contribution is 5.65. The molecule has 98 valence electrons. The Balaban J connectivity index is 2.45. The highest BCUT2D eigenvalue weighted by Crippen LogP contribution is 2.08. The molecule has 0 aromatic heterocycles. The molecule has 1 atom stereocenters. The summed E-state index contributed by atoms with van der Waals surface area (Å²) in [4.78, 5) is 21.2. The van der Waals surface area contributed by atoms with Crippen molar-refractivity contribution in [2.75, 3.05) is 6.61 Å². The van der Waals surface area contributed by atoms with Gasteiger partial charge in [-0.1, -0.05) is 30.3 Å². The van der Waals surface area contributed by atoms with E-state index < -0.39 is 18.3 Å². The molecule has 0 aliphatic carbocycles. The van der Waals surface area contributed by atoms with Gasteiger partial charge >= 0.3 is 12.2 Å². The molecule has 1 aromatic carbocycles. The smallest absolute Gasteiger partial charge is 0.404 e. The van der Waals surface area contributed by atoms with Gasteiger partial charge in [-0.3, -0.25) is 0 Å². The van der Waals surface area contributed by atoms with Gasteiger partial charge in [0, 0.05) is 0 Å². The largest absolute Gasteiger partial charge is 0.446 e. The maximum Gasteiger partial charge on any atom is 0.404 e. The molecular formula is C12H16N2O4. The minimum absolute atomic E-state index is 0.0922. The predicted molar refractivity (Wildman–Crippen MR) is 64.8 cm³/mol. The summed E-state index contributed by atoms with van der Waals surface area (Å²) in [6.45, 7) is -0.0922. The van der Waals surface area contributed by atoms with Crippen LogP contribution in [-0.2, 0) is 15.9 Å². The Bertz CT molecular complexity index is 394. The molecule has 6 nitrogen and oxygen atoms in total. The number of aryl methyl sites for hydroxylation is 1. The molecule has 0 heterocycles. The first-order chi connectivity index (χ1) is 8.58. The summed E-state index contributed by atoms with van der Waals surface area (Å²) < 4.78 is 9.43. The molecule has 2 amide bonds. The summed E-state index contributed by atoms with van der Waals surface area (Å²) in [5.74, 6) is 0. The van der Waals surface area contributed by atoms with E-state index >= 15 is 0 Å². The van der Waals surface area contributed by atoms with Gasteiger partial charge in [-0.15, -0.1) is 0 Å². The molecule has 6 heteroatoms. The van der Waals surface area contributed by atoms with E-state index in [0.29, 0.717) is 12.8 Å². The van der Waals surface area contributed by atoms with Crippen molar-refractivity contribution >= 4 is 12.2 Å². The van der Waals surface area contributed by atoms with Gasteiger partial charge in [0.25, 0.3) is 0 Å². The van der Waals surface area contributed by atoms with Gasteiger partial charge < -0.3 is 20.9 Å². The van der Waals surface area contributed by atoms with Crippen LogP contribution in [-0.4, -0.2) is 24.9 Å². The van der Waals surface area contributed by atoms with E-state index in [9.17, 15) is 9.59 Å². The normalized spacial score (nSPS) is 11.6. The number of hydrogen-bond donors (Lipinski definition) is 2. The number of carbonyl (C=O) groups is 2. The minimum Gasteiger partial charge on any atom is -0.446 e. The van der Waals surface area contributed by atoms with Crippen LogP contribution in [0.2, 0.25) is 0 Å². The Labute approximate surface area is 105 Å². The van der Waals surface area contributed by atoms with E-state index in [1.807, 2.05) is 30.3 Å². The summed E-state index contributed by atoms with van der Waals surface area (Å²) in [6.07, 6.45) is -1.22. The lowest BCUT2D eigenvalue weighted by Gasteiger charge is -2.15. The molecule has 0 saturated carbocycles. The Morgan fingerprint density at radius 1 is 1.11 bits per heavy atom. The fourth-order valence-electron chi connectivity index (χ4n) is 1.49. The number of primary amides is 2. The average molecular weight is 252 g/mol. The van der Waals surface area contributed by atoms with E-state index in [4.69, 9.17) is 16.2 Å². The monoisotopic (exact) mass is 252 g/mol. The summed E-state index contributed by atoms with van der Waals surface area (Å²) in [6, 6.07) is 9.65. The van der Waals surface area contributed by atoms with Crippen LogP contribution in [0.3, 0.4) is 0 Å². The van der Waals surface area contributed by atoms with Crippen molar-refractivity contribution in [3.05, 3.63) is 35.9 Å². The molecule has 0 aliphatic rings. The predicted octanol–water partition coefficient (Wildman–Crippen LogP) is 1.18. The van der Waals surface area contributed by atoms with Crippen LogP contribution in [0.4, 0.5) is 9.59 Å². The molecular weight excluding hydrogens is 236 g/mol. The van der Waals surface area contributed by atoms with Gasteiger partial charge in [0.05, 0.1) is 0 Å². The zero-order valence-electron chi connectivity index (χ0n) is 9.87. The van der Waals surface area contributed by atoms with Gasteiger partial charge in [0.15, 0.2) is 0 Å². The topological polar surface area (TPSA) is 105 Å². The summed E-state index contributed by atoms with van der Waals surface area (Å²) >= 11 is 0.